The standard InChI is InChI=1S/C17H18Cl2N4O3S/c1-22-8-10-23(11-9-22)27(25,26)13-4-2-12(3-5-13)20-17(24)14-6-7-15(18)21-16(14)19/h2-7H,8-11H2,1H3,(H,20,24). The van der Waals surface area contributed by atoms with Crippen molar-refractivity contribution in [2.75, 3.05) is 38.5 Å². The molecule has 27 heavy (non-hydrogen) atoms. The van der Waals surface area contributed by atoms with Crippen molar-refractivity contribution in [3.05, 3.63) is 52.3 Å². The Kier molecular flexibility index (Phi) is 6.02. The van der Waals surface area contributed by atoms with Gasteiger partial charge in [-0.15, -0.1) is 0 Å². The normalized spacial score (nSPS) is 16.3. The number of benzene rings is 1. The number of nitrogens with one attached hydrogen (secondary N) is 1. The molecule has 0 unspecified atom stereocenters. The molecule has 1 fully saturated rings. The Morgan fingerprint density at radius 1 is 1.04 bits per heavy atom. The van der Waals surface area contributed by atoms with E-state index in [4.69, 9.17) is 23.2 Å². The highest BCUT2D eigenvalue weighted by atomic mass is 35.5. The number of amides is 1. The molecule has 0 radical (unpaired) electrons. The fourth-order valence-corrected chi connectivity index (χ4v) is 4.52. The summed E-state index contributed by atoms with van der Waals surface area (Å²) in [6.07, 6.45) is 0. The van der Waals surface area contributed by atoms with E-state index in [-0.39, 0.29) is 20.8 Å². The number of carbonyl (C=O) groups excluding carboxylic acids is 1. The Morgan fingerprint density at radius 3 is 2.26 bits per heavy atom. The van der Waals surface area contributed by atoms with Crippen LogP contribution in [0, 0.1) is 0 Å². The Bertz CT molecular complexity index is 943. The third-order valence-electron chi connectivity index (χ3n) is 4.27. The molecule has 0 saturated carbocycles. The van der Waals surface area contributed by atoms with Gasteiger partial charge in [-0.2, -0.15) is 4.31 Å². The SMILES string of the molecule is CN1CCN(S(=O)(=O)c2ccc(NC(=O)c3ccc(Cl)nc3Cl)cc2)CC1. The monoisotopic (exact) mass is 428 g/mol. The van der Waals surface area contributed by atoms with E-state index in [1.54, 1.807) is 0 Å². The summed E-state index contributed by atoms with van der Waals surface area (Å²) in [7, 11) is -1.58. The van der Waals surface area contributed by atoms with Gasteiger partial charge < -0.3 is 10.2 Å². The van der Waals surface area contributed by atoms with Crippen molar-refractivity contribution in [2.24, 2.45) is 0 Å². The summed E-state index contributed by atoms with van der Waals surface area (Å²) in [5, 5.41) is 2.85. The first-order chi connectivity index (χ1) is 12.8. The van der Waals surface area contributed by atoms with Crippen molar-refractivity contribution in [2.45, 2.75) is 4.90 Å². The van der Waals surface area contributed by atoms with Gasteiger partial charge in [0, 0.05) is 31.9 Å². The molecule has 1 aliphatic rings. The molecule has 0 spiro atoms. The van der Waals surface area contributed by atoms with E-state index in [2.05, 4.69) is 15.2 Å². The summed E-state index contributed by atoms with van der Waals surface area (Å²) in [5.41, 5.74) is 0.624. The van der Waals surface area contributed by atoms with E-state index < -0.39 is 15.9 Å². The summed E-state index contributed by atoms with van der Waals surface area (Å²) in [5.74, 6) is -0.459. The number of aromatic nitrogens is 1. The quantitative estimate of drug-likeness (QED) is 0.756. The molecular formula is C17H18Cl2N4O3S. The van der Waals surface area contributed by atoms with Gasteiger partial charge in [0.05, 0.1) is 10.5 Å². The summed E-state index contributed by atoms with van der Waals surface area (Å²) >= 11 is 11.7. The van der Waals surface area contributed by atoms with Crippen LogP contribution in [0.4, 0.5) is 5.69 Å². The predicted molar refractivity (Wildman–Crippen MR) is 105 cm³/mol. The highest BCUT2D eigenvalue weighted by molar-refractivity contribution is 7.89. The van der Waals surface area contributed by atoms with Gasteiger partial charge in [0.25, 0.3) is 5.91 Å². The first-order valence-electron chi connectivity index (χ1n) is 8.19. The Hall–Kier alpha value is -1.71. The van der Waals surface area contributed by atoms with E-state index in [1.807, 2.05) is 7.05 Å². The third kappa shape index (κ3) is 4.59. The molecule has 144 valence electrons. The number of hydrogen-bond donors (Lipinski definition) is 1. The van der Waals surface area contributed by atoms with Gasteiger partial charge in [0.1, 0.15) is 10.3 Å². The maximum atomic E-state index is 12.7. The topological polar surface area (TPSA) is 82.6 Å². The van der Waals surface area contributed by atoms with Crippen molar-refractivity contribution in [3.63, 3.8) is 0 Å². The van der Waals surface area contributed by atoms with Gasteiger partial charge in [0.15, 0.2) is 0 Å². The van der Waals surface area contributed by atoms with Gasteiger partial charge in [-0.25, -0.2) is 13.4 Å². The average Bonchev–Trinajstić information content (AvgIpc) is 2.62. The number of piperazine rings is 1. The minimum absolute atomic E-state index is 0.00531. The van der Waals surface area contributed by atoms with Gasteiger partial charge in [-0.05, 0) is 43.4 Å². The molecule has 1 aromatic heterocycles. The molecule has 1 N–H and O–H groups in total. The van der Waals surface area contributed by atoms with Gasteiger partial charge in [0.2, 0.25) is 10.0 Å². The highest BCUT2D eigenvalue weighted by Gasteiger charge is 2.27. The second kappa shape index (κ2) is 8.12. The van der Waals surface area contributed by atoms with Crippen molar-refractivity contribution >= 4 is 44.8 Å². The van der Waals surface area contributed by atoms with Crippen molar-refractivity contribution < 1.29 is 13.2 Å². The third-order valence-corrected chi connectivity index (χ3v) is 6.68. The summed E-state index contributed by atoms with van der Waals surface area (Å²) < 4.78 is 26.9. The van der Waals surface area contributed by atoms with Crippen LogP contribution in [0.15, 0.2) is 41.3 Å². The number of halogens is 2. The molecule has 10 heteroatoms. The zero-order chi connectivity index (χ0) is 19.6. The first kappa shape index (κ1) is 20.0. The number of carbonyl (C=O) groups is 1. The minimum Gasteiger partial charge on any atom is -0.322 e. The second-order valence-electron chi connectivity index (χ2n) is 6.16. The molecule has 7 nitrogen and oxygen atoms in total. The Morgan fingerprint density at radius 2 is 1.67 bits per heavy atom. The van der Waals surface area contributed by atoms with Crippen LogP contribution in [-0.2, 0) is 10.0 Å². The predicted octanol–water partition coefficient (Wildman–Crippen LogP) is 2.58. The maximum absolute atomic E-state index is 12.7. The number of rotatable bonds is 4. The molecule has 0 aliphatic carbocycles. The van der Waals surface area contributed by atoms with E-state index in [1.165, 1.54) is 40.7 Å². The van der Waals surface area contributed by atoms with Crippen molar-refractivity contribution in [1.29, 1.82) is 0 Å². The molecule has 1 aliphatic heterocycles. The van der Waals surface area contributed by atoms with Crippen LogP contribution in [-0.4, -0.2) is 61.7 Å². The fourth-order valence-electron chi connectivity index (χ4n) is 2.67. The van der Waals surface area contributed by atoms with Gasteiger partial charge >= 0.3 is 0 Å². The lowest BCUT2D eigenvalue weighted by Gasteiger charge is -2.31. The molecule has 2 heterocycles. The number of nitrogens with zero attached hydrogens (tertiary/aromatic N) is 3. The fraction of sp³-hybridized carbons (Fsp3) is 0.294. The van der Waals surface area contributed by atoms with Gasteiger partial charge in [-0.1, -0.05) is 23.2 Å². The number of anilines is 1. The van der Waals surface area contributed by atoms with Crippen LogP contribution in [0.3, 0.4) is 0 Å². The smallest absolute Gasteiger partial charge is 0.258 e. The van der Waals surface area contributed by atoms with E-state index in [0.717, 1.165) is 0 Å². The van der Waals surface area contributed by atoms with Gasteiger partial charge in [-0.3, -0.25) is 4.79 Å². The van der Waals surface area contributed by atoms with E-state index in [0.29, 0.717) is 31.9 Å². The Labute approximate surface area is 167 Å². The molecule has 0 atom stereocenters. The first-order valence-corrected chi connectivity index (χ1v) is 10.4. The zero-order valence-electron chi connectivity index (χ0n) is 14.5. The summed E-state index contributed by atoms with van der Waals surface area (Å²) in [4.78, 5) is 18.4. The second-order valence-corrected chi connectivity index (χ2v) is 8.84. The Balaban J connectivity index is 1.72. The van der Waals surface area contributed by atoms with Crippen molar-refractivity contribution in [3.8, 4) is 0 Å². The average molecular weight is 429 g/mol. The number of hydrogen-bond acceptors (Lipinski definition) is 5. The molecule has 1 aromatic carbocycles. The minimum atomic E-state index is -3.55. The number of likely N-dealkylation sites (N-methyl/N-ethyl adjacent to an activating group) is 1. The van der Waals surface area contributed by atoms with Crippen LogP contribution in [0.5, 0.6) is 0 Å². The molecule has 1 saturated heterocycles. The summed E-state index contributed by atoms with van der Waals surface area (Å²) in [6.45, 7) is 2.31. The number of pyridine rings is 1. The highest BCUT2D eigenvalue weighted by Crippen LogP contribution is 2.21. The molecule has 1 amide bonds. The molecular weight excluding hydrogens is 411 g/mol. The van der Waals surface area contributed by atoms with Crippen LogP contribution in [0.1, 0.15) is 10.4 Å². The lowest BCUT2D eigenvalue weighted by Crippen LogP contribution is -2.46. The maximum Gasteiger partial charge on any atom is 0.258 e. The molecule has 0 bridgehead atoms. The number of sulfonamides is 1. The lowest BCUT2D eigenvalue weighted by atomic mass is 10.2. The van der Waals surface area contributed by atoms with E-state index in [9.17, 15) is 13.2 Å². The van der Waals surface area contributed by atoms with Crippen LogP contribution in [0.25, 0.3) is 0 Å². The van der Waals surface area contributed by atoms with Crippen LogP contribution >= 0.6 is 23.2 Å². The van der Waals surface area contributed by atoms with Crippen molar-refractivity contribution in [1.82, 2.24) is 14.2 Å². The van der Waals surface area contributed by atoms with E-state index >= 15 is 0 Å². The van der Waals surface area contributed by atoms with Crippen LogP contribution in [0.2, 0.25) is 10.3 Å². The molecule has 3 rings (SSSR count). The van der Waals surface area contributed by atoms with Crippen LogP contribution < -0.4 is 5.32 Å². The summed E-state index contributed by atoms with van der Waals surface area (Å²) in [6, 6.07) is 8.97. The largest absolute Gasteiger partial charge is 0.322 e. The lowest BCUT2D eigenvalue weighted by molar-refractivity contribution is 0.102. The zero-order valence-corrected chi connectivity index (χ0v) is 16.9. The molecule has 2 aromatic rings.